The van der Waals surface area contributed by atoms with E-state index in [1.807, 2.05) is 24.3 Å². The van der Waals surface area contributed by atoms with Crippen LogP contribution in [-0.4, -0.2) is 37.5 Å². The van der Waals surface area contributed by atoms with E-state index in [9.17, 15) is 9.59 Å². The van der Waals surface area contributed by atoms with Crippen LogP contribution in [0.5, 0.6) is 0 Å². The van der Waals surface area contributed by atoms with E-state index in [-0.39, 0.29) is 12.5 Å². The first-order chi connectivity index (χ1) is 12.0. The smallest absolute Gasteiger partial charge is 0.339 e. The van der Waals surface area contributed by atoms with E-state index in [0.29, 0.717) is 16.9 Å². The van der Waals surface area contributed by atoms with Crippen molar-refractivity contribution in [2.75, 3.05) is 20.7 Å². The average Bonchev–Trinajstić information content (AvgIpc) is 2.64. The molecule has 0 N–H and O–H groups in total. The molecule has 2 rings (SSSR count). The Bertz CT molecular complexity index is 795. The summed E-state index contributed by atoms with van der Waals surface area (Å²) >= 11 is 1.50. The van der Waals surface area contributed by atoms with E-state index in [0.717, 1.165) is 10.5 Å². The number of esters is 1. The molecule has 0 saturated carbocycles. The molecule has 0 aliphatic carbocycles. The third-order valence-corrected chi connectivity index (χ3v) is 4.55. The number of carbonyl (C=O) groups excluding carboxylic acids is 2. The molecule has 2 aromatic rings. The number of hydrogen-bond acceptors (Lipinski definition) is 5. The Morgan fingerprint density at radius 3 is 2.44 bits per heavy atom. The number of nitrogens with zero attached hydrogens (tertiary/aromatic N) is 2. The van der Waals surface area contributed by atoms with Gasteiger partial charge in [-0.05, 0) is 29.8 Å². The molecule has 2 aromatic carbocycles. The van der Waals surface area contributed by atoms with Crippen LogP contribution in [-0.2, 0) is 15.3 Å². The van der Waals surface area contributed by atoms with Gasteiger partial charge in [-0.25, -0.2) is 4.79 Å². The van der Waals surface area contributed by atoms with E-state index in [4.69, 9.17) is 10.00 Å². The molecule has 5 nitrogen and oxygen atoms in total. The molecule has 0 heterocycles. The lowest BCUT2D eigenvalue weighted by atomic mass is 10.2. The molecule has 0 radical (unpaired) electrons. The zero-order chi connectivity index (χ0) is 18.2. The summed E-state index contributed by atoms with van der Waals surface area (Å²) in [5, 5.41) is 8.82. The fourth-order valence-corrected chi connectivity index (χ4v) is 2.93. The summed E-state index contributed by atoms with van der Waals surface area (Å²) in [6.45, 7) is -0.277. The van der Waals surface area contributed by atoms with Gasteiger partial charge in [0.15, 0.2) is 6.61 Å². The topological polar surface area (TPSA) is 70.4 Å². The SMILES string of the molecule is CN(C)C(=O)COC(=O)c1ccccc1SCc1ccc(C#N)cc1. The Morgan fingerprint density at radius 1 is 1.12 bits per heavy atom. The van der Waals surface area contributed by atoms with Gasteiger partial charge in [-0.1, -0.05) is 24.3 Å². The summed E-state index contributed by atoms with van der Waals surface area (Å²) in [6, 6.07) is 16.5. The first kappa shape index (κ1) is 18.6. The van der Waals surface area contributed by atoms with Gasteiger partial charge >= 0.3 is 5.97 Å². The van der Waals surface area contributed by atoms with E-state index >= 15 is 0 Å². The monoisotopic (exact) mass is 354 g/mol. The molecular weight excluding hydrogens is 336 g/mol. The molecule has 0 unspecified atom stereocenters. The lowest BCUT2D eigenvalue weighted by Crippen LogP contribution is -2.27. The number of rotatable bonds is 6. The number of likely N-dealkylation sites (N-methyl/N-ethyl adjacent to an activating group) is 1. The Labute approximate surface area is 151 Å². The van der Waals surface area contributed by atoms with Crippen LogP contribution in [0.3, 0.4) is 0 Å². The van der Waals surface area contributed by atoms with Gasteiger partial charge in [0, 0.05) is 24.7 Å². The molecule has 0 saturated heterocycles. The lowest BCUT2D eigenvalue weighted by Gasteiger charge is -2.12. The second-order valence-electron chi connectivity index (χ2n) is 5.46. The minimum absolute atomic E-state index is 0.268. The van der Waals surface area contributed by atoms with E-state index < -0.39 is 5.97 Å². The van der Waals surface area contributed by atoms with Gasteiger partial charge < -0.3 is 9.64 Å². The molecule has 0 aliphatic heterocycles. The highest BCUT2D eigenvalue weighted by atomic mass is 32.2. The fourth-order valence-electron chi connectivity index (χ4n) is 1.93. The van der Waals surface area contributed by atoms with Gasteiger partial charge in [0.1, 0.15) is 0 Å². The zero-order valence-electron chi connectivity index (χ0n) is 14.1. The Balaban J connectivity index is 2.03. The van der Waals surface area contributed by atoms with Crippen LogP contribution in [0.1, 0.15) is 21.5 Å². The maximum Gasteiger partial charge on any atom is 0.339 e. The second-order valence-corrected chi connectivity index (χ2v) is 6.48. The molecule has 0 atom stereocenters. The first-order valence-electron chi connectivity index (χ1n) is 7.59. The van der Waals surface area contributed by atoms with E-state index in [1.165, 1.54) is 16.7 Å². The third kappa shape index (κ3) is 5.37. The van der Waals surface area contributed by atoms with Crippen LogP contribution >= 0.6 is 11.8 Å². The first-order valence-corrected chi connectivity index (χ1v) is 8.58. The van der Waals surface area contributed by atoms with Gasteiger partial charge in [-0.3, -0.25) is 4.79 Å². The molecule has 0 spiro atoms. The predicted octanol–water partition coefficient (Wildman–Crippen LogP) is 3.10. The van der Waals surface area contributed by atoms with Gasteiger partial charge in [-0.15, -0.1) is 11.8 Å². The molecular formula is C19H18N2O3S. The number of nitriles is 1. The molecule has 0 aromatic heterocycles. The average molecular weight is 354 g/mol. The number of amides is 1. The second kappa shape index (κ2) is 8.90. The zero-order valence-corrected chi connectivity index (χ0v) is 14.9. The lowest BCUT2D eigenvalue weighted by molar-refractivity contribution is -0.131. The summed E-state index contributed by atoms with van der Waals surface area (Å²) in [5.41, 5.74) is 2.10. The summed E-state index contributed by atoms with van der Waals surface area (Å²) in [7, 11) is 3.22. The number of carbonyl (C=O) groups is 2. The fraction of sp³-hybridized carbons (Fsp3) is 0.211. The number of benzene rings is 2. The van der Waals surface area contributed by atoms with Crippen molar-refractivity contribution < 1.29 is 14.3 Å². The normalized spacial score (nSPS) is 9.96. The van der Waals surface area contributed by atoms with Crippen molar-refractivity contribution in [3.05, 3.63) is 65.2 Å². The minimum Gasteiger partial charge on any atom is -0.452 e. The van der Waals surface area contributed by atoms with Crippen molar-refractivity contribution >= 4 is 23.6 Å². The van der Waals surface area contributed by atoms with Crippen molar-refractivity contribution in [2.24, 2.45) is 0 Å². The van der Waals surface area contributed by atoms with Crippen LogP contribution in [0.4, 0.5) is 0 Å². The number of hydrogen-bond donors (Lipinski definition) is 0. The molecule has 6 heteroatoms. The summed E-state index contributed by atoms with van der Waals surface area (Å²) in [6.07, 6.45) is 0. The molecule has 0 fully saturated rings. The van der Waals surface area contributed by atoms with Gasteiger partial charge in [0.05, 0.1) is 17.2 Å². The van der Waals surface area contributed by atoms with Crippen molar-refractivity contribution in [2.45, 2.75) is 10.6 Å². The third-order valence-electron chi connectivity index (χ3n) is 3.41. The number of ether oxygens (including phenoxy) is 1. The highest BCUT2D eigenvalue weighted by Crippen LogP contribution is 2.27. The Hall–Kier alpha value is -2.78. The summed E-state index contributed by atoms with van der Waals surface area (Å²) < 4.78 is 5.09. The van der Waals surface area contributed by atoms with E-state index in [2.05, 4.69) is 6.07 Å². The molecule has 128 valence electrons. The van der Waals surface area contributed by atoms with Crippen LogP contribution in [0.2, 0.25) is 0 Å². The van der Waals surface area contributed by atoms with Gasteiger partial charge in [-0.2, -0.15) is 5.26 Å². The predicted molar refractivity (Wildman–Crippen MR) is 96.1 cm³/mol. The van der Waals surface area contributed by atoms with Gasteiger partial charge in [0.2, 0.25) is 0 Å². The minimum atomic E-state index is -0.516. The van der Waals surface area contributed by atoms with Crippen LogP contribution < -0.4 is 0 Å². The van der Waals surface area contributed by atoms with Crippen LogP contribution in [0, 0.1) is 11.3 Å². The quantitative estimate of drug-likeness (QED) is 0.589. The van der Waals surface area contributed by atoms with Gasteiger partial charge in [0.25, 0.3) is 5.91 Å². The standard InChI is InChI=1S/C19H18N2O3S/c1-21(2)18(22)12-24-19(23)16-5-3-4-6-17(16)25-13-15-9-7-14(11-20)8-10-15/h3-10H,12-13H2,1-2H3. The van der Waals surface area contributed by atoms with Crippen molar-refractivity contribution in [3.8, 4) is 6.07 Å². The van der Waals surface area contributed by atoms with Crippen LogP contribution in [0.25, 0.3) is 0 Å². The van der Waals surface area contributed by atoms with Crippen molar-refractivity contribution in [3.63, 3.8) is 0 Å². The molecule has 0 aliphatic rings. The maximum absolute atomic E-state index is 12.2. The molecule has 0 bridgehead atoms. The number of thioether (sulfide) groups is 1. The Kier molecular flexibility index (Phi) is 6.61. The van der Waals surface area contributed by atoms with Crippen LogP contribution in [0.15, 0.2) is 53.4 Å². The van der Waals surface area contributed by atoms with Crippen molar-refractivity contribution in [1.82, 2.24) is 4.90 Å². The largest absolute Gasteiger partial charge is 0.452 e. The molecule has 1 amide bonds. The van der Waals surface area contributed by atoms with E-state index in [1.54, 1.807) is 38.4 Å². The van der Waals surface area contributed by atoms with Crippen molar-refractivity contribution in [1.29, 1.82) is 5.26 Å². The summed E-state index contributed by atoms with van der Waals surface area (Å²) in [4.78, 5) is 26.0. The Morgan fingerprint density at radius 2 is 1.80 bits per heavy atom. The molecule has 25 heavy (non-hydrogen) atoms. The maximum atomic E-state index is 12.2. The highest BCUT2D eigenvalue weighted by Gasteiger charge is 2.15. The summed E-state index contributed by atoms with van der Waals surface area (Å²) in [5.74, 6) is -0.124. The highest BCUT2D eigenvalue weighted by molar-refractivity contribution is 7.98.